The summed E-state index contributed by atoms with van der Waals surface area (Å²) in [6.45, 7) is 5.99. The van der Waals surface area contributed by atoms with Crippen molar-refractivity contribution in [3.05, 3.63) is 94.6 Å². The third-order valence-corrected chi connectivity index (χ3v) is 6.41. The highest BCUT2D eigenvalue weighted by atomic mass is 32.2. The van der Waals surface area contributed by atoms with Gasteiger partial charge in [0.05, 0.1) is 30.4 Å². The van der Waals surface area contributed by atoms with E-state index < -0.39 is 0 Å². The Hall–Kier alpha value is -3.62. The number of amidine groups is 1. The lowest BCUT2D eigenvalue weighted by Gasteiger charge is -2.15. The number of nitrogens with zero attached hydrogens (tertiary/aromatic N) is 2. The smallest absolute Gasteiger partial charge is 0.266 e. The second kappa shape index (κ2) is 13.1. The van der Waals surface area contributed by atoms with Crippen molar-refractivity contribution in [3.63, 3.8) is 0 Å². The molecule has 1 saturated heterocycles. The van der Waals surface area contributed by atoms with Gasteiger partial charge in [0, 0.05) is 6.61 Å². The van der Waals surface area contributed by atoms with Gasteiger partial charge < -0.3 is 14.2 Å². The number of ether oxygens (including phenoxy) is 3. The predicted molar refractivity (Wildman–Crippen MR) is 146 cm³/mol. The van der Waals surface area contributed by atoms with Crippen molar-refractivity contribution in [1.82, 2.24) is 4.90 Å². The maximum atomic E-state index is 13.3. The molecule has 0 unspecified atom stereocenters. The molecule has 0 atom stereocenters. The van der Waals surface area contributed by atoms with Crippen LogP contribution in [-0.2, 0) is 16.1 Å². The van der Waals surface area contributed by atoms with Gasteiger partial charge in [-0.25, -0.2) is 9.38 Å². The Bertz CT molecular complexity index is 1260. The first-order valence-corrected chi connectivity index (χ1v) is 13.0. The molecule has 0 radical (unpaired) electrons. The Morgan fingerprint density at radius 1 is 0.946 bits per heavy atom. The maximum absolute atomic E-state index is 13.3. The van der Waals surface area contributed by atoms with E-state index in [-0.39, 0.29) is 18.3 Å². The van der Waals surface area contributed by atoms with Crippen molar-refractivity contribution in [2.24, 2.45) is 4.99 Å². The average Bonchev–Trinajstić information content (AvgIpc) is 3.19. The average molecular weight is 521 g/mol. The van der Waals surface area contributed by atoms with Crippen molar-refractivity contribution in [1.29, 1.82) is 0 Å². The Morgan fingerprint density at radius 3 is 2.46 bits per heavy atom. The Morgan fingerprint density at radius 2 is 1.73 bits per heavy atom. The number of para-hydroxylation sites is 1. The summed E-state index contributed by atoms with van der Waals surface area (Å²) >= 11 is 1.34. The first-order chi connectivity index (χ1) is 18.1. The topological polar surface area (TPSA) is 60.4 Å². The number of carbonyl (C=O) groups excluding carboxylic acids is 1. The van der Waals surface area contributed by atoms with Crippen LogP contribution in [0, 0.1) is 5.82 Å². The van der Waals surface area contributed by atoms with E-state index in [2.05, 4.69) is 0 Å². The van der Waals surface area contributed by atoms with E-state index >= 15 is 0 Å². The van der Waals surface area contributed by atoms with E-state index in [1.54, 1.807) is 17.0 Å². The minimum Gasteiger partial charge on any atom is -0.490 e. The molecular formula is C29H29FN2O4S. The lowest BCUT2D eigenvalue weighted by atomic mass is 10.1. The van der Waals surface area contributed by atoms with Crippen LogP contribution in [0.3, 0.4) is 0 Å². The molecule has 0 N–H and O–H groups in total. The molecule has 0 bridgehead atoms. The molecule has 1 aliphatic rings. The molecule has 3 aromatic carbocycles. The predicted octanol–water partition coefficient (Wildman–Crippen LogP) is 6.44. The van der Waals surface area contributed by atoms with Gasteiger partial charge in [-0.1, -0.05) is 36.4 Å². The fourth-order valence-electron chi connectivity index (χ4n) is 3.60. The molecule has 37 heavy (non-hydrogen) atoms. The van der Waals surface area contributed by atoms with E-state index in [1.807, 2.05) is 68.5 Å². The number of carbonyl (C=O) groups is 1. The zero-order valence-electron chi connectivity index (χ0n) is 20.9. The number of amides is 1. The van der Waals surface area contributed by atoms with Crippen LogP contribution in [0.2, 0.25) is 0 Å². The molecule has 8 heteroatoms. The minimum atomic E-state index is -0.288. The molecule has 192 valence electrons. The second-order valence-corrected chi connectivity index (χ2v) is 9.06. The van der Waals surface area contributed by atoms with Crippen molar-refractivity contribution >= 4 is 34.6 Å². The van der Waals surface area contributed by atoms with Crippen LogP contribution in [0.4, 0.5) is 10.1 Å². The normalized spacial score (nSPS) is 15.5. The molecule has 6 nitrogen and oxygen atoms in total. The SMILES string of the molecule is CCOCCN1C(=O)/C(=C/c2ccc(OCc3ccc(F)cc3)c(OCC)c2)SC1=Nc1ccccc1. The van der Waals surface area contributed by atoms with Crippen LogP contribution in [0.1, 0.15) is 25.0 Å². The van der Waals surface area contributed by atoms with E-state index in [4.69, 9.17) is 19.2 Å². The van der Waals surface area contributed by atoms with Gasteiger partial charge in [-0.05, 0) is 79.2 Å². The summed E-state index contributed by atoms with van der Waals surface area (Å²) < 4.78 is 30.4. The van der Waals surface area contributed by atoms with Gasteiger partial charge in [-0.2, -0.15) is 0 Å². The molecule has 1 aliphatic heterocycles. The number of thioether (sulfide) groups is 1. The van der Waals surface area contributed by atoms with Gasteiger partial charge in [-0.3, -0.25) is 9.69 Å². The lowest BCUT2D eigenvalue weighted by molar-refractivity contribution is -0.122. The zero-order valence-corrected chi connectivity index (χ0v) is 21.7. The molecule has 4 rings (SSSR count). The zero-order chi connectivity index (χ0) is 26.0. The monoisotopic (exact) mass is 520 g/mol. The first kappa shape index (κ1) is 26.4. The Kier molecular flexibility index (Phi) is 9.35. The second-order valence-electron chi connectivity index (χ2n) is 8.05. The third-order valence-electron chi connectivity index (χ3n) is 5.41. The molecule has 0 spiro atoms. The summed E-state index contributed by atoms with van der Waals surface area (Å²) in [5, 5.41) is 0.617. The molecular weight excluding hydrogens is 491 g/mol. The molecule has 0 saturated carbocycles. The third kappa shape index (κ3) is 7.21. The Labute approximate surface area is 220 Å². The highest BCUT2D eigenvalue weighted by Crippen LogP contribution is 2.36. The van der Waals surface area contributed by atoms with Crippen molar-refractivity contribution in [2.75, 3.05) is 26.4 Å². The van der Waals surface area contributed by atoms with E-state index in [9.17, 15) is 9.18 Å². The summed E-state index contributed by atoms with van der Waals surface area (Å²) in [7, 11) is 0. The highest BCUT2D eigenvalue weighted by Gasteiger charge is 2.33. The summed E-state index contributed by atoms with van der Waals surface area (Å²) in [4.78, 5) is 20.2. The summed E-state index contributed by atoms with van der Waals surface area (Å²) in [5.41, 5.74) is 2.43. The van der Waals surface area contributed by atoms with Crippen molar-refractivity contribution in [2.45, 2.75) is 20.5 Å². The van der Waals surface area contributed by atoms with Crippen LogP contribution >= 0.6 is 11.8 Å². The summed E-state index contributed by atoms with van der Waals surface area (Å²) in [6, 6.07) is 21.3. The number of halogens is 1. The van der Waals surface area contributed by atoms with Gasteiger partial charge in [0.1, 0.15) is 12.4 Å². The summed E-state index contributed by atoms with van der Waals surface area (Å²) in [6.07, 6.45) is 1.83. The number of hydrogen-bond acceptors (Lipinski definition) is 6. The van der Waals surface area contributed by atoms with E-state index in [0.29, 0.717) is 47.9 Å². The van der Waals surface area contributed by atoms with Crippen LogP contribution in [0.15, 0.2) is 82.7 Å². The molecule has 1 amide bonds. The molecule has 0 aliphatic carbocycles. The van der Waals surface area contributed by atoms with E-state index in [1.165, 1.54) is 23.9 Å². The van der Waals surface area contributed by atoms with Gasteiger partial charge in [0.2, 0.25) is 0 Å². The number of benzene rings is 3. The minimum absolute atomic E-state index is 0.117. The summed E-state index contributed by atoms with van der Waals surface area (Å²) in [5.74, 6) is 0.738. The van der Waals surface area contributed by atoms with Gasteiger partial charge in [-0.15, -0.1) is 0 Å². The fourth-order valence-corrected chi connectivity index (χ4v) is 4.62. The molecule has 1 fully saturated rings. The van der Waals surface area contributed by atoms with Gasteiger partial charge in [0.25, 0.3) is 5.91 Å². The van der Waals surface area contributed by atoms with Crippen LogP contribution < -0.4 is 9.47 Å². The van der Waals surface area contributed by atoms with Crippen LogP contribution in [0.5, 0.6) is 11.5 Å². The van der Waals surface area contributed by atoms with Crippen molar-refractivity contribution < 1.29 is 23.4 Å². The number of rotatable bonds is 11. The molecule has 0 aromatic heterocycles. The van der Waals surface area contributed by atoms with Crippen LogP contribution in [-0.4, -0.2) is 42.3 Å². The quantitative estimate of drug-likeness (QED) is 0.215. The maximum Gasteiger partial charge on any atom is 0.266 e. The Balaban J connectivity index is 1.56. The van der Waals surface area contributed by atoms with Crippen LogP contribution in [0.25, 0.3) is 6.08 Å². The molecule has 1 heterocycles. The van der Waals surface area contributed by atoms with Crippen molar-refractivity contribution in [3.8, 4) is 11.5 Å². The highest BCUT2D eigenvalue weighted by molar-refractivity contribution is 8.18. The lowest BCUT2D eigenvalue weighted by Crippen LogP contribution is -2.32. The number of hydrogen-bond donors (Lipinski definition) is 0. The van der Waals surface area contributed by atoms with Gasteiger partial charge >= 0.3 is 0 Å². The van der Waals surface area contributed by atoms with Gasteiger partial charge in [0.15, 0.2) is 16.7 Å². The largest absolute Gasteiger partial charge is 0.490 e. The standard InChI is InChI=1S/C29H29FN2O4S/c1-3-34-17-16-32-28(33)27(37-29(32)31-24-8-6-5-7-9-24)19-22-12-15-25(26(18-22)35-4-2)36-20-21-10-13-23(30)14-11-21/h5-15,18-19H,3-4,16-17,20H2,1-2H3/b27-19-,31-29?. The fraction of sp³-hybridized carbons (Fsp3) is 0.241. The first-order valence-electron chi connectivity index (χ1n) is 12.1. The number of aliphatic imine (C=N–C) groups is 1. The molecule has 3 aromatic rings. The van der Waals surface area contributed by atoms with E-state index in [0.717, 1.165) is 16.8 Å².